The van der Waals surface area contributed by atoms with E-state index in [2.05, 4.69) is 4.98 Å². The molecule has 1 aromatic rings. The van der Waals surface area contributed by atoms with Crippen LogP contribution >= 0.6 is 11.6 Å². The molecule has 17 heavy (non-hydrogen) atoms. The first-order valence-electron chi connectivity index (χ1n) is 5.32. The molecule has 0 aromatic carbocycles. The Morgan fingerprint density at radius 2 is 2.00 bits per heavy atom. The molecular weight excluding hydrogens is 260 g/mol. The summed E-state index contributed by atoms with van der Waals surface area (Å²) in [4.78, 5) is 3.95. The Kier molecular flexibility index (Phi) is 4.17. The number of hydrogen-bond acceptors (Lipinski definition) is 3. The molecule has 0 bridgehead atoms. The standard InChI is InChI=1S/C11H17ClN2O2S/c1-5-11(2,3)14(4)17(15,16)9-6-7-10(12)13-8-9/h6-8H,5H2,1-4H3. The van der Waals surface area contributed by atoms with Crippen LogP contribution in [0, 0.1) is 0 Å². The van der Waals surface area contributed by atoms with Crippen LogP contribution in [0.5, 0.6) is 0 Å². The van der Waals surface area contributed by atoms with E-state index in [1.807, 2.05) is 20.8 Å². The van der Waals surface area contributed by atoms with Gasteiger partial charge in [0.1, 0.15) is 10.0 Å². The molecule has 96 valence electrons. The van der Waals surface area contributed by atoms with Crippen LogP contribution in [0.2, 0.25) is 5.15 Å². The normalized spacial score (nSPS) is 13.1. The van der Waals surface area contributed by atoms with Crippen molar-refractivity contribution in [3.8, 4) is 0 Å². The highest BCUT2D eigenvalue weighted by molar-refractivity contribution is 7.89. The van der Waals surface area contributed by atoms with Crippen LogP contribution in [0.25, 0.3) is 0 Å². The van der Waals surface area contributed by atoms with Gasteiger partial charge in [0.25, 0.3) is 0 Å². The maximum Gasteiger partial charge on any atom is 0.244 e. The highest BCUT2D eigenvalue weighted by Crippen LogP contribution is 2.25. The topological polar surface area (TPSA) is 50.3 Å². The first kappa shape index (κ1) is 14.4. The van der Waals surface area contributed by atoms with Crippen molar-refractivity contribution in [3.05, 3.63) is 23.5 Å². The molecule has 0 fully saturated rings. The van der Waals surface area contributed by atoms with Gasteiger partial charge in [0.15, 0.2) is 0 Å². The highest BCUT2D eigenvalue weighted by atomic mass is 35.5. The van der Waals surface area contributed by atoms with Crippen LogP contribution in [-0.2, 0) is 10.0 Å². The summed E-state index contributed by atoms with van der Waals surface area (Å²) in [5.41, 5.74) is -0.432. The van der Waals surface area contributed by atoms with Gasteiger partial charge in [-0.05, 0) is 32.4 Å². The molecule has 1 rings (SSSR count). The Labute approximate surface area is 108 Å². The van der Waals surface area contributed by atoms with Gasteiger partial charge in [-0.2, -0.15) is 4.31 Å². The first-order chi connectivity index (χ1) is 7.71. The number of aromatic nitrogens is 1. The van der Waals surface area contributed by atoms with E-state index < -0.39 is 15.6 Å². The van der Waals surface area contributed by atoms with E-state index >= 15 is 0 Å². The van der Waals surface area contributed by atoms with Crippen LogP contribution in [-0.4, -0.2) is 30.3 Å². The van der Waals surface area contributed by atoms with E-state index in [0.717, 1.165) is 6.42 Å². The average Bonchev–Trinajstić information content (AvgIpc) is 2.28. The molecule has 4 nitrogen and oxygen atoms in total. The zero-order valence-corrected chi connectivity index (χ0v) is 12.0. The molecule has 6 heteroatoms. The molecule has 0 aliphatic carbocycles. The molecule has 0 amide bonds. The summed E-state index contributed by atoms with van der Waals surface area (Å²) in [6, 6.07) is 2.94. The maximum absolute atomic E-state index is 12.3. The summed E-state index contributed by atoms with van der Waals surface area (Å²) in [5.74, 6) is 0. The summed E-state index contributed by atoms with van der Waals surface area (Å²) in [6.45, 7) is 5.72. The van der Waals surface area contributed by atoms with E-state index in [1.165, 1.54) is 22.6 Å². The molecule has 0 aliphatic heterocycles. The SMILES string of the molecule is CCC(C)(C)N(C)S(=O)(=O)c1ccc(Cl)nc1. The van der Waals surface area contributed by atoms with Crippen LogP contribution < -0.4 is 0 Å². The summed E-state index contributed by atoms with van der Waals surface area (Å²) < 4.78 is 25.9. The fourth-order valence-corrected chi connectivity index (χ4v) is 2.85. The second-order valence-corrected chi connectivity index (χ2v) is 6.81. The van der Waals surface area contributed by atoms with E-state index in [0.29, 0.717) is 0 Å². The molecular formula is C11H17ClN2O2S. The van der Waals surface area contributed by atoms with Gasteiger partial charge in [-0.1, -0.05) is 18.5 Å². The summed E-state index contributed by atoms with van der Waals surface area (Å²) in [6.07, 6.45) is 2.00. The largest absolute Gasteiger partial charge is 0.244 e. The molecule has 0 N–H and O–H groups in total. The second kappa shape index (κ2) is 4.92. The zero-order chi connectivity index (χ0) is 13.3. The van der Waals surface area contributed by atoms with E-state index in [1.54, 1.807) is 7.05 Å². The number of nitrogens with zero attached hydrogens (tertiary/aromatic N) is 2. The minimum Gasteiger partial charge on any atom is -0.243 e. The van der Waals surface area contributed by atoms with Crippen LogP contribution in [0.4, 0.5) is 0 Å². The first-order valence-corrected chi connectivity index (χ1v) is 7.14. The average molecular weight is 277 g/mol. The minimum absolute atomic E-state index is 0.158. The van der Waals surface area contributed by atoms with Gasteiger partial charge in [0.05, 0.1) is 0 Å². The monoisotopic (exact) mass is 276 g/mol. The fraction of sp³-hybridized carbons (Fsp3) is 0.545. The number of hydrogen-bond donors (Lipinski definition) is 0. The molecule has 1 aromatic heterocycles. The van der Waals surface area contributed by atoms with Gasteiger partial charge in [-0.3, -0.25) is 0 Å². The van der Waals surface area contributed by atoms with Crippen LogP contribution in [0.3, 0.4) is 0 Å². The molecule has 0 unspecified atom stereocenters. The smallest absolute Gasteiger partial charge is 0.243 e. The lowest BCUT2D eigenvalue weighted by Gasteiger charge is -2.33. The van der Waals surface area contributed by atoms with Crippen LogP contribution in [0.1, 0.15) is 27.2 Å². The third-order valence-electron chi connectivity index (χ3n) is 3.08. The summed E-state index contributed by atoms with van der Waals surface area (Å²) in [7, 11) is -1.94. The predicted molar refractivity (Wildman–Crippen MR) is 68.6 cm³/mol. The van der Waals surface area contributed by atoms with Gasteiger partial charge in [-0.25, -0.2) is 13.4 Å². The molecule has 0 atom stereocenters. The second-order valence-electron chi connectivity index (χ2n) is 4.46. The van der Waals surface area contributed by atoms with Crippen molar-refractivity contribution in [3.63, 3.8) is 0 Å². The van der Waals surface area contributed by atoms with Crippen molar-refractivity contribution in [1.29, 1.82) is 0 Å². The van der Waals surface area contributed by atoms with Crippen molar-refractivity contribution < 1.29 is 8.42 Å². The van der Waals surface area contributed by atoms with Gasteiger partial charge in [-0.15, -0.1) is 0 Å². The Hall–Kier alpha value is -0.650. The summed E-state index contributed by atoms with van der Waals surface area (Å²) in [5, 5.41) is 0.279. The molecule has 0 saturated carbocycles. The van der Waals surface area contributed by atoms with Gasteiger partial charge in [0, 0.05) is 18.8 Å². The Balaban J connectivity index is 3.16. The quantitative estimate of drug-likeness (QED) is 0.794. The molecule has 0 saturated heterocycles. The van der Waals surface area contributed by atoms with Gasteiger partial charge < -0.3 is 0 Å². The van der Waals surface area contributed by atoms with Crippen molar-refractivity contribution in [2.75, 3.05) is 7.05 Å². The molecule has 0 spiro atoms. The maximum atomic E-state index is 12.3. The van der Waals surface area contributed by atoms with E-state index in [4.69, 9.17) is 11.6 Å². The molecule has 0 radical (unpaired) electrons. The van der Waals surface area contributed by atoms with E-state index in [-0.39, 0.29) is 10.0 Å². The molecule has 0 aliphatic rings. The minimum atomic E-state index is -3.51. The van der Waals surface area contributed by atoms with Crippen molar-refractivity contribution >= 4 is 21.6 Å². The summed E-state index contributed by atoms with van der Waals surface area (Å²) >= 11 is 5.64. The third kappa shape index (κ3) is 2.97. The van der Waals surface area contributed by atoms with Crippen molar-refractivity contribution in [1.82, 2.24) is 9.29 Å². The molecule has 1 heterocycles. The predicted octanol–water partition coefficient (Wildman–Crippen LogP) is 2.54. The number of sulfonamides is 1. The highest BCUT2D eigenvalue weighted by Gasteiger charge is 2.32. The Morgan fingerprint density at radius 3 is 2.41 bits per heavy atom. The van der Waals surface area contributed by atoms with Crippen LogP contribution in [0.15, 0.2) is 23.2 Å². The van der Waals surface area contributed by atoms with Gasteiger partial charge in [0.2, 0.25) is 10.0 Å². The number of pyridine rings is 1. The van der Waals surface area contributed by atoms with Crippen molar-refractivity contribution in [2.24, 2.45) is 0 Å². The fourth-order valence-electron chi connectivity index (χ4n) is 1.22. The lowest BCUT2D eigenvalue weighted by atomic mass is 10.0. The lowest BCUT2D eigenvalue weighted by molar-refractivity contribution is 0.257. The Morgan fingerprint density at radius 1 is 1.41 bits per heavy atom. The number of halogens is 1. The zero-order valence-electron chi connectivity index (χ0n) is 10.4. The van der Waals surface area contributed by atoms with Crippen molar-refractivity contribution in [2.45, 2.75) is 37.6 Å². The lowest BCUT2D eigenvalue weighted by Crippen LogP contribution is -2.44. The van der Waals surface area contributed by atoms with E-state index in [9.17, 15) is 8.42 Å². The van der Waals surface area contributed by atoms with Gasteiger partial charge >= 0.3 is 0 Å². The Bertz CT molecular complexity index is 483. The third-order valence-corrected chi connectivity index (χ3v) is 5.35. The number of rotatable bonds is 4.